The van der Waals surface area contributed by atoms with Gasteiger partial charge in [0, 0.05) is 66.5 Å². The van der Waals surface area contributed by atoms with Gasteiger partial charge < -0.3 is 18.8 Å². The van der Waals surface area contributed by atoms with Crippen molar-refractivity contribution < 1.29 is 4.42 Å². The zero-order valence-electron chi connectivity index (χ0n) is 51.8. The lowest BCUT2D eigenvalue weighted by Crippen LogP contribution is -2.61. The molecule has 0 N–H and O–H groups in total. The minimum atomic E-state index is -0.220. The van der Waals surface area contributed by atoms with E-state index in [2.05, 4.69) is 366 Å². The highest BCUT2D eigenvalue weighted by atomic mass is 16.3. The van der Waals surface area contributed by atoms with Crippen molar-refractivity contribution in [1.29, 1.82) is 0 Å². The van der Waals surface area contributed by atoms with E-state index >= 15 is 0 Å². The van der Waals surface area contributed by atoms with E-state index in [4.69, 9.17) is 4.42 Å². The molecular formula is C90H58BN3O. The van der Waals surface area contributed by atoms with E-state index < -0.39 is 0 Å². The maximum absolute atomic E-state index is 7.16. The van der Waals surface area contributed by atoms with Gasteiger partial charge in [0.25, 0.3) is 6.71 Å². The van der Waals surface area contributed by atoms with Gasteiger partial charge in [0.1, 0.15) is 5.58 Å². The third kappa shape index (κ3) is 8.78. The van der Waals surface area contributed by atoms with Crippen LogP contribution in [0.5, 0.6) is 0 Å². The van der Waals surface area contributed by atoms with E-state index in [9.17, 15) is 0 Å². The van der Waals surface area contributed by atoms with E-state index in [1.54, 1.807) is 0 Å². The molecule has 19 rings (SSSR count). The molecule has 17 aromatic rings. The lowest BCUT2D eigenvalue weighted by Gasteiger charge is -2.46. The quantitative estimate of drug-likeness (QED) is 0.128. The van der Waals surface area contributed by atoms with Gasteiger partial charge in [-0.15, -0.1) is 0 Å². The zero-order valence-corrected chi connectivity index (χ0v) is 51.8. The third-order valence-corrected chi connectivity index (χ3v) is 19.8. The number of hydrogen-bond donors (Lipinski definition) is 0. The minimum Gasteiger partial charge on any atom is -0.454 e. The van der Waals surface area contributed by atoms with Crippen LogP contribution in [-0.2, 0) is 0 Å². The highest BCUT2D eigenvalue weighted by molar-refractivity contribution is 7.00. The first kappa shape index (κ1) is 54.3. The fourth-order valence-corrected chi connectivity index (χ4v) is 15.6. The van der Waals surface area contributed by atoms with Gasteiger partial charge in [-0.2, -0.15) is 0 Å². The van der Waals surface area contributed by atoms with Crippen molar-refractivity contribution in [2.75, 3.05) is 9.80 Å². The van der Waals surface area contributed by atoms with Crippen molar-refractivity contribution in [2.45, 2.75) is 0 Å². The molecule has 95 heavy (non-hydrogen) atoms. The summed E-state index contributed by atoms with van der Waals surface area (Å²) < 4.78 is 9.60. The van der Waals surface area contributed by atoms with Crippen molar-refractivity contribution in [3.05, 3.63) is 352 Å². The van der Waals surface area contributed by atoms with Crippen LogP contribution in [0, 0.1) is 0 Å². The molecule has 2 aromatic heterocycles. The van der Waals surface area contributed by atoms with Crippen LogP contribution in [0.1, 0.15) is 0 Å². The van der Waals surface area contributed by atoms with Crippen LogP contribution in [-0.4, -0.2) is 11.3 Å². The first-order valence-electron chi connectivity index (χ1n) is 32.8. The van der Waals surface area contributed by atoms with E-state index in [1.807, 2.05) is 0 Å². The SMILES string of the molecule is c1ccc(-c2ccc3c(c2)N(c2c(-c4ccccc4)cccc2-c2ccccc2)c2cc(-c4cc(-n5c6ccccc6c6ccccc65)c5oc6ccccc6c5c4)cc4c2B3c2ccc(-c3ccccc3)cc2N4c2c(-c3ccccc3)cccc2-c2ccccc2)cc1. The molecule has 0 spiro atoms. The first-order chi connectivity index (χ1) is 47.2. The summed E-state index contributed by atoms with van der Waals surface area (Å²) in [6.07, 6.45) is 0. The van der Waals surface area contributed by atoms with E-state index in [0.717, 1.165) is 151 Å². The Hall–Kier alpha value is -12.4. The van der Waals surface area contributed by atoms with Crippen LogP contribution < -0.4 is 26.2 Å². The Morgan fingerprint density at radius 1 is 0.232 bits per heavy atom. The number of aromatic nitrogens is 1. The Bertz CT molecular complexity index is 5430. The second-order valence-corrected chi connectivity index (χ2v) is 25.0. The smallest absolute Gasteiger partial charge is 0.252 e. The number of rotatable bonds is 10. The molecule has 2 aliphatic rings. The Morgan fingerprint density at radius 2 is 0.579 bits per heavy atom. The number of furan rings is 1. The summed E-state index contributed by atoms with van der Waals surface area (Å²) in [5, 5.41) is 4.48. The van der Waals surface area contributed by atoms with Gasteiger partial charge in [0.2, 0.25) is 0 Å². The molecule has 0 saturated carbocycles. The van der Waals surface area contributed by atoms with Crippen molar-refractivity contribution in [1.82, 2.24) is 4.57 Å². The number of benzene rings is 15. The van der Waals surface area contributed by atoms with Crippen molar-refractivity contribution in [3.8, 4) is 83.6 Å². The first-order valence-corrected chi connectivity index (χ1v) is 32.8. The number of hydrogen-bond acceptors (Lipinski definition) is 3. The molecule has 4 heterocycles. The fourth-order valence-electron chi connectivity index (χ4n) is 15.6. The zero-order chi connectivity index (χ0) is 62.5. The summed E-state index contributed by atoms with van der Waals surface area (Å²) in [5.41, 5.74) is 30.9. The normalized spacial score (nSPS) is 12.4. The molecular weight excluding hydrogens is 1150 g/mol. The predicted octanol–water partition coefficient (Wildman–Crippen LogP) is 22.4. The van der Waals surface area contributed by atoms with Crippen molar-refractivity contribution >= 4 is 101 Å². The molecule has 5 heteroatoms. The topological polar surface area (TPSA) is 24.6 Å². The molecule has 0 atom stereocenters. The summed E-state index contributed by atoms with van der Waals surface area (Å²) in [4.78, 5) is 5.32. The number of anilines is 6. The van der Waals surface area contributed by atoms with Gasteiger partial charge in [-0.1, -0.05) is 297 Å². The summed E-state index contributed by atoms with van der Waals surface area (Å²) in [6, 6.07) is 130. The third-order valence-electron chi connectivity index (χ3n) is 19.8. The van der Waals surface area contributed by atoms with Crippen LogP contribution in [0.25, 0.3) is 127 Å². The van der Waals surface area contributed by atoms with Gasteiger partial charge in [-0.05, 0) is 127 Å². The Labute approximate surface area is 551 Å². The maximum Gasteiger partial charge on any atom is 0.252 e. The summed E-state index contributed by atoms with van der Waals surface area (Å²) in [7, 11) is 0. The van der Waals surface area contributed by atoms with E-state index in [-0.39, 0.29) is 6.71 Å². The molecule has 0 bridgehead atoms. The second kappa shape index (κ2) is 22.2. The molecule has 15 aromatic carbocycles. The molecule has 0 unspecified atom stereocenters. The minimum absolute atomic E-state index is 0.220. The highest BCUT2D eigenvalue weighted by Gasteiger charge is 2.46. The van der Waals surface area contributed by atoms with Crippen LogP contribution in [0.15, 0.2) is 356 Å². The standard InChI is InChI=1S/C90H58BN3O/c1-7-27-59(28-8-1)65-49-51-77-81(54-65)93(88-69(61-31-11-3-12-32-61)42-25-43-70(88)62-33-13-4-14-34-62)83-56-68(67-53-76-75-41-21-24-48-86(75)95-90(76)85(58-67)92-79-46-22-19-39-73(79)74-40-20-23-47-80(74)92)57-84-87(83)91(77)78-52-50-66(60-29-9-2-10-30-60)55-82(78)94(84)89-71(63-35-15-5-16-36-63)44-26-45-72(89)64-37-17-6-18-38-64/h1-58H. The predicted molar refractivity (Wildman–Crippen MR) is 400 cm³/mol. The lowest BCUT2D eigenvalue weighted by molar-refractivity contribution is 0.666. The summed E-state index contributed by atoms with van der Waals surface area (Å²) in [6.45, 7) is -0.220. The maximum atomic E-state index is 7.16. The van der Waals surface area contributed by atoms with Crippen LogP contribution >= 0.6 is 0 Å². The molecule has 0 fully saturated rings. The summed E-state index contributed by atoms with van der Waals surface area (Å²) in [5.74, 6) is 0. The van der Waals surface area contributed by atoms with Crippen LogP contribution in [0.3, 0.4) is 0 Å². The van der Waals surface area contributed by atoms with E-state index in [0.29, 0.717) is 0 Å². The molecule has 2 aliphatic heterocycles. The lowest BCUT2D eigenvalue weighted by atomic mass is 9.33. The van der Waals surface area contributed by atoms with Gasteiger partial charge in [-0.3, -0.25) is 0 Å². The Morgan fingerprint density at radius 3 is 1.01 bits per heavy atom. The summed E-state index contributed by atoms with van der Waals surface area (Å²) >= 11 is 0. The molecule has 0 amide bonds. The van der Waals surface area contributed by atoms with Crippen LogP contribution in [0.2, 0.25) is 0 Å². The van der Waals surface area contributed by atoms with Crippen LogP contribution in [0.4, 0.5) is 34.1 Å². The van der Waals surface area contributed by atoms with Gasteiger partial charge >= 0.3 is 0 Å². The monoisotopic (exact) mass is 1210 g/mol. The molecule has 442 valence electrons. The highest BCUT2D eigenvalue weighted by Crippen LogP contribution is 2.55. The fraction of sp³-hybridized carbons (Fsp3) is 0. The number of para-hydroxylation sites is 5. The molecule has 0 aliphatic carbocycles. The van der Waals surface area contributed by atoms with E-state index in [1.165, 1.54) is 27.2 Å². The van der Waals surface area contributed by atoms with Gasteiger partial charge in [-0.25, -0.2) is 0 Å². The van der Waals surface area contributed by atoms with Gasteiger partial charge in [0.15, 0.2) is 5.58 Å². The Kier molecular flexibility index (Phi) is 12.7. The Balaban J connectivity index is 1.01. The number of nitrogens with zero attached hydrogens (tertiary/aromatic N) is 3. The van der Waals surface area contributed by atoms with Crippen molar-refractivity contribution in [3.63, 3.8) is 0 Å². The average Bonchev–Trinajstić information content (AvgIpc) is 1.13. The molecule has 0 radical (unpaired) electrons. The molecule has 0 saturated heterocycles. The largest absolute Gasteiger partial charge is 0.454 e. The second-order valence-electron chi connectivity index (χ2n) is 25.0. The number of fused-ring (bicyclic) bond motifs is 10. The van der Waals surface area contributed by atoms with Crippen molar-refractivity contribution in [2.24, 2.45) is 0 Å². The molecule has 4 nitrogen and oxygen atoms in total. The van der Waals surface area contributed by atoms with Gasteiger partial charge in [0.05, 0.1) is 28.1 Å². The average molecular weight is 1210 g/mol.